The van der Waals surface area contributed by atoms with Crippen molar-refractivity contribution in [1.82, 2.24) is 0 Å². The lowest BCUT2D eigenvalue weighted by Crippen LogP contribution is -2.16. The average molecular weight is 357 g/mol. The van der Waals surface area contributed by atoms with Crippen molar-refractivity contribution in [1.29, 1.82) is 0 Å². The van der Waals surface area contributed by atoms with Crippen molar-refractivity contribution in [2.75, 3.05) is 7.11 Å². The first-order valence-corrected chi connectivity index (χ1v) is 12.3. The molecule has 3 aromatic carbocycles. The summed E-state index contributed by atoms with van der Waals surface area (Å²) in [6, 6.07) is 25.1. The topological polar surface area (TPSA) is 9.23 Å². The second kappa shape index (κ2) is 7.64. The molecule has 0 aliphatic carbocycles. The highest BCUT2D eigenvalue weighted by Gasteiger charge is 2.12. The monoisotopic (exact) mass is 356 g/mol. The van der Waals surface area contributed by atoms with Gasteiger partial charge in [-0.15, -0.1) is 5.54 Å². The van der Waals surface area contributed by atoms with Crippen LogP contribution >= 0.6 is 0 Å². The fraction of sp³-hybridized carbons (Fsp3) is 0.167. The van der Waals surface area contributed by atoms with E-state index < -0.39 is 8.07 Å². The summed E-state index contributed by atoms with van der Waals surface area (Å²) >= 11 is 0. The minimum Gasteiger partial charge on any atom is -0.497 e. The normalized spacial score (nSPS) is 10.8. The van der Waals surface area contributed by atoms with Gasteiger partial charge in [0.2, 0.25) is 0 Å². The van der Waals surface area contributed by atoms with Gasteiger partial charge >= 0.3 is 0 Å². The lowest BCUT2D eigenvalue weighted by molar-refractivity contribution is 0.415. The molecule has 0 fully saturated rings. The van der Waals surface area contributed by atoms with E-state index in [9.17, 15) is 0 Å². The summed E-state index contributed by atoms with van der Waals surface area (Å²) in [6.45, 7) is 6.83. The van der Waals surface area contributed by atoms with E-state index in [1.807, 2.05) is 18.2 Å². The van der Waals surface area contributed by atoms with Crippen LogP contribution in [0.4, 0.5) is 0 Å². The summed E-state index contributed by atoms with van der Waals surface area (Å²) in [5, 5.41) is 0. The summed E-state index contributed by atoms with van der Waals surface area (Å²) in [5.74, 6) is 4.39. The van der Waals surface area contributed by atoms with Gasteiger partial charge in [-0.1, -0.05) is 86.2 Å². The average Bonchev–Trinajstić information content (AvgIpc) is 2.66. The van der Waals surface area contributed by atoms with Gasteiger partial charge in [0.15, 0.2) is 0 Å². The first-order valence-electron chi connectivity index (χ1n) is 8.84. The highest BCUT2D eigenvalue weighted by atomic mass is 28.3. The molecule has 0 saturated heterocycles. The van der Waals surface area contributed by atoms with E-state index in [1.54, 1.807) is 7.11 Å². The summed E-state index contributed by atoms with van der Waals surface area (Å²) in [7, 11) is 0.207. The zero-order valence-electron chi connectivity index (χ0n) is 15.8. The Morgan fingerprint density at radius 1 is 0.692 bits per heavy atom. The van der Waals surface area contributed by atoms with Crippen LogP contribution in [0.1, 0.15) is 5.56 Å². The van der Waals surface area contributed by atoms with Gasteiger partial charge in [0.25, 0.3) is 0 Å². The third-order valence-electron chi connectivity index (χ3n) is 4.11. The number of benzene rings is 3. The first kappa shape index (κ1) is 18.0. The molecule has 26 heavy (non-hydrogen) atoms. The number of hydrogen-bond donors (Lipinski definition) is 0. The Balaban J connectivity index is 2.21. The Morgan fingerprint density at radius 2 is 1.27 bits per heavy atom. The Bertz CT molecular complexity index is 939. The van der Waals surface area contributed by atoms with Gasteiger partial charge in [-0.3, -0.25) is 0 Å². The van der Waals surface area contributed by atoms with Gasteiger partial charge in [-0.25, -0.2) is 0 Å². The fourth-order valence-electron chi connectivity index (χ4n) is 2.81. The predicted octanol–water partition coefficient (Wildman–Crippen LogP) is 6.26. The lowest BCUT2D eigenvalue weighted by Gasteiger charge is -2.13. The van der Waals surface area contributed by atoms with Crippen molar-refractivity contribution >= 4 is 8.07 Å². The van der Waals surface area contributed by atoms with E-state index in [2.05, 4.69) is 85.7 Å². The fourth-order valence-corrected chi connectivity index (χ4v) is 3.31. The molecule has 1 nitrogen and oxygen atoms in total. The molecule has 0 amide bonds. The molecule has 0 bridgehead atoms. The minimum atomic E-state index is -1.48. The molecule has 130 valence electrons. The van der Waals surface area contributed by atoms with Crippen LogP contribution in [-0.2, 0) is 0 Å². The number of hydrogen-bond acceptors (Lipinski definition) is 1. The molecule has 0 N–H and O–H groups in total. The van der Waals surface area contributed by atoms with Gasteiger partial charge in [0, 0.05) is 5.56 Å². The zero-order valence-corrected chi connectivity index (χ0v) is 16.8. The van der Waals surface area contributed by atoms with Crippen LogP contribution in [0.15, 0.2) is 72.8 Å². The molecule has 0 spiro atoms. The van der Waals surface area contributed by atoms with Gasteiger partial charge < -0.3 is 4.74 Å². The van der Waals surface area contributed by atoms with Crippen LogP contribution in [0.25, 0.3) is 22.3 Å². The van der Waals surface area contributed by atoms with Crippen LogP contribution in [0.2, 0.25) is 19.6 Å². The van der Waals surface area contributed by atoms with Crippen molar-refractivity contribution in [2.45, 2.75) is 19.6 Å². The van der Waals surface area contributed by atoms with Gasteiger partial charge in [0.05, 0.1) is 7.11 Å². The van der Waals surface area contributed by atoms with Crippen LogP contribution in [0.5, 0.6) is 5.75 Å². The molecule has 2 heteroatoms. The van der Waals surface area contributed by atoms with Crippen LogP contribution < -0.4 is 4.74 Å². The standard InChI is InChI=1S/C24H24OSi/c1-25-21-15-13-20(14-16-21)23-12-8-11-22(19-9-6-5-7-10-19)24(23)17-18-26(2,3)4/h5-16H,1-4H3. The largest absolute Gasteiger partial charge is 0.497 e. The number of methoxy groups -OCH3 is 1. The van der Waals surface area contributed by atoms with Crippen molar-refractivity contribution in [3.8, 4) is 39.5 Å². The molecular weight excluding hydrogens is 332 g/mol. The maximum absolute atomic E-state index is 5.30. The Morgan fingerprint density at radius 3 is 1.81 bits per heavy atom. The summed E-state index contributed by atoms with van der Waals surface area (Å²) in [6.07, 6.45) is 0. The van der Waals surface area contributed by atoms with Crippen LogP contribution in [0, 0.1) is 11.5 Å². The molecule has 0 saturated carbocycles. The van der Waals surface area contributed by atoms with E-state index in [0.717, 1.165) is 16.9 Å². The van der Waals surface area contributed by atoms with Crippen LogP contribution in [-0.4, -0.2) is 15.2 Å². The third-order valence-corrected chi connectivity index (χ3v) is 4.99. The second-order valence-electron chi connectivity index (χ2n) is 7.32. The van der Waals surface area contributed by atoms with Crippen molar-refractivity contribution in [3.05, 3.63) is 78.4 Å². The smallest absolute Gasteiger partial charge is 0.129 e. The molecule has 0 radical (unpaired) electrons. The molecule has 3 rings (SSSR count). The summed E-state index contributed by atoms with van der Waals surface area (Å²) in [4.78, 5) is 0. The highest BCUT2D eigenvalue weighted by Crippen LogP contribution is 2.32. The first-order chi connectivity index (χ1) is 12.5. The maximum atomic E-state index is 5.30. The molecule has 0 aromatic heterocycles. The number of rotatable bonds is 3. The Kier molecular flexibility index (Phi) is 5.30. The zero-order chi connectivity index (χ0) is 18.6. The van der Waals surface area contributed by atoms with Crippen molar-refractivity contribution < 1.29 is 4.74 Å². The molecule has 0 unspecified atom stereocenters. The summed E-state index contributed by atoms with van der Waals surface area (Å²) < 4.78 is 5.30. The lowest BCUT2D eigenvalue weighted by atomic mass is 9.92. The van der Waals surface area contributed by atoms with E-state index >= 15 is 0 Å². The van der Waals surface area contributed by atoms with E-state index in [-0.39, 0.29) is 0 Å². The Hall–Kier alpha value is -2.76. The van der Waals surface area contributed by atoms with Crippen molar-refractivity contribution in [2.24, 2.45) is 0 Å². The quantitative estimate of drug-likeness (QED) is 0.397. The van der Waals surface area contributed by atoms with Crippen molar-refractivity contribution in [3.63, 3.8) is 0 Å². The second-order valence-corrected chi connectivity index (χ2v) is 12.1. The van der Waals surface area contributed by atoms with E-state index in [1.165, 1.54) is 16.7 Å². The molecule has 0 aliphatic rings. The minimum absolute atomic E-state index is 0.864. The SMILES string of the molecule is COc1ccc(-c2cccc(-c3ccccc3)c2C#C[Si](C)(C)C)cc1. The molecule has 0 aliphatic heterocycles. The highest BCUT2D eigenvalue weighted by molar-refractivity contribution is 6.83. The molecular formula is C24H24OSi. The van der Waals surface area contributed by atoms with E-state index in [4.69, 9.17) is 4.74 Å². The predicted molar refractivity (Wildman–Crippen MR) is 114 cm³/mol. The van der Waals surface area contributed by atoms with Gasteiger partial charge in [-0.2, -0.15) is 0 Å². The van der Waals surface area contributed by atoms with Crippen LogP contribution in [0.3, 0.4) is 0 Å². The number of ether oxygens (including phenoxy) is 1. The summed E-state index contributed by atoms with van der Waals surface area (Å²) in [5.41, 5.74) is 9.35. The molecule has 0 heterocycles. The van der Waals surface area contributed by atoms with E-state index in [0.29, 0.717) is 0 Å². The third kappa shape index (κ3) is 4.25. The van der Waals surface area contributed by atoms with Gasteiger partial charge in [0.1, 0.15) is 13.8 Å². The maximum Gasteiger partial charge on any atom is 0.129 e. The van der Waals surface area contributed by atoms with Gasteiger partial charge in [-0.05, 0) is 34.4 Å². The Labute approximate surface area is 157 Å². The molecule has 0 atom stereocenters. The molecule has 3 aromatic rings.